The van der Waals surface area contributed by atoms with E-state index in [-0.39, 0.29) is 11.9 Å². The summed E-state index contributed by atoms with van der Waals surface area (Å²) in [5.41, 5.74) is 2.01. The molecule has 6 heteroatoms. The van der Waals surface area contributed by atoms with E-state index < -0.39 is 0 Å². The normalized spacial score (nSPS) is 18.3. The van der Waals surface area contributed by atoms with E-state index in [4.69, 9.17) is 0 Å². The largest absolute Gasteiger partial charge is 0.348 e. The third-order valence-electron chi connectivity index (χ3n) is 4.54. The molecule has 4 rings (SSSR count). The first-order valence-electron chi connectivity index (χ1n) is 8.55. The lowest BCUT2D eigenvalue weighted by atomic mass is 10.0. The van der Waals surface area contributed by atoms with Gasteiger partial charge in [-0.15, -0.1) is 11.3 Å². The number of likely N-dealkylation sites (tertiary alicyclic amines) is 1. The number of aromatic nitrogens is 2. The Kier molecular flexibility index (Phi) is 4.72. The van der Waals surface area contributed by atoms with Gasteiger partial charge >= 0.3 is 0 Å². The van der Waals surface area contributed by atoms with Crippen molar-refractivity contribution in [1.82, 2.24) is 20.2 Å². The fourth-order valence-corrected chi connectivity index (χ4v) is 4.13. The lowest BCUT2D eigenvalue weighted by Crippen LogP contribution is -2.47. The van der Waals surface area contributed by atoms with E-state index >= 15 is 0 Å². The topological polar surface area (TPSA) is 58.1 Å². The van der Waals surface area contributed by atoms with E-state index in [1.54, 1.807) is 23.7 Å². The summed E-state index contributed by atoms with van der Waals surface area (Å²) in [4.78, 5) is 25.1. The van der Waals surface area contributed by atoms with E-state index in [2.05, 4.69) is 37.7 Å². The van der Waals surface area contributed by atoms with Crippen LogP contribution in [-0.4, -0.2) is 39.9 Å². The second-order valence-electron chi connectivity index (χ2n) is 6.36. The Morgan fingerprint density at radius 1 is 1.24 bits per heavy atom. The summed E-state index contributed by atoms with van der Waals surface area (Å²) in [6, 6.07) is 9.98. The maximum Gasteiger partial charge on any atom is 0.253 e. The zero-order chi connectivity index (χ0) is 17.1. The van der Waals surface area contributed by atoms with Crippen molar-refractivity contribution in [2.75, 3.05) is 13.1 Å². The summed E-state index contributed by atoms with van der Waals surface area (Å²) < 4.78 is 0. The van der Waals surface area contributed by atoms with Crippen LogP contribution in [-0.2, 0) is 6.54 Å². The molecule has 1 atom stereocenters. The third kappa shape index (κ3) is 3.70. The molecule has 1 amide bonds. The van der Waals surface area contributed by atoms with E-state index in [1.165, 1.54) is 4.88 Å². The number of carbonyl (C=O) groups excluding carboxylic acids is 1. The fourth-order valence-electron chi connectivity index (χ4n) is 3.38. The van der Waals surface area contributed by atoms with Crippen LogP contribution in [0.5, 0.6) is 0 Å². The summed E-state index contributed by atoms with van der Waals surface area (Å²) in [6.45, 7) is 2.94. The zero-order valence-corrected chi connectivity index (χ0v) is 14.7. The van der Waals surface area contributed by atoms with Gasteiger partial charge in [-0.1, -0.05) is 12.1 Å². The number of fused-ring (bicyclic) bond motifs is 1. The Bertz CT molecular complexity index is 860. The summed E-state index contributed by atoms with van der Waals surface area (Å²) in [7, 11) is 0. The molecule has 0 spiro atoms. The number of amides is 1. The molecule has 3 heterocycles. The van der Waals surface area contributed by atoms with Crippen molar-refractivity contribution in [1.29, 1.82) is 0 Å². The highest BCUT2D eigenvalue weighted by molar-refractivity contribution is 7.09. The number of carbonyl (C=O) groups is 1. The number of benzene rings is 1. The van der Waals surface area contributed by atoms with E-state index in [0.717, 1.165) is 38.0 Å². The quantitative estimate of drug-likeness (QED) is 0.784. The first-order chi connectivity index (χ1) is 12.3. The van der Waals surface area contributed by atoms with E-state index in [9.17, 15) is 4.79 Å². The molecule has 1 aromatic carbocycles. The van der Waals surface area contributed by atoms with E-state index in [1.807, 2.05) is 18.2 Å². The van der Waals surface area contributed by atoms with Gasteiger partial charge in [-0.3, -0.25) is 19.7 Å². The maximum atomic E-state index is 12.8. The molecule has 0 radical (unpaired) electrons. The van der Waals surface area contributed by atoms with Gasteiger partial charge < -0.3 is 5.32 Å². The third-order valence-corrected chi connectivity index (χ3v) is 5.40. The minimum Gasteiger partial charge on any atom is -0.348 e. The van der Waals surface area contributed by atoms with Crippen LogP contribution in [0.3, 0.4) is 0 Å². The van der Waals surface area contributed by atoms with Crippen LogP contribution in [0, 0.1) is 0 Å². The van der Waals surface area contributed by atoms with Gasteiger partial charge in [-0.2, -0.15) is 0 Å². The highest BCUT2D eigenvalue weighted by Gasteiger charge is 2.23. The fraction of sp³-hybridized carbons (Fsp3) is 0.316. The Balaban J connectivity index is 1.45. The average molecular weight is 352 g/mol. The van der Waals surface area contributed by atoms with Gasteiger partial charge in [-0.25, -0.2) is 0 Å². The number of thiophene rings is 1. The van der Waals surface area contributed by atoms with Crippen molar-refractivity contribution >= 4 is 28.3 Å². The molecule has 1 N–H and O–H groups in total. The Morgan fingerprint density at radius 3 is 3.04 bits per heavy atom. The van der Waals surface area contributed by atoms with Gasteiger partial charge in [0.15, 0.2) is 0 Å². The zero-order valence-electron chi connectivity index (χ0n) is 13.9. The van der Waals surface area contributed by atoms with Gasteiger partial charge in [0, 0.05) is 36.4 Å². The Hall–Kier alpha value is -2.31. The number of para-hydroxylation sites is 1. The van der Waals surface area contributed by atoms with Crippen LogP contribution >= 0.6 is 11.3 Å². The van der Waals surface area contributed by atoms with Gasteiger partial charge in [0.1, 0.15) is 5.52 Å². The molecule has 1 aliphatic heterocycles. The number of nitrogens with zero attached hydrogens (tertiary/aromatic N) is 3. The molecule has 25 heavy (non-hydrogen) atoms. The lowest BCUT2D eigenvalue weighted by molar-refractivity contribution is 0.0902. The monoisotopic (exact) mass is 352 g/mol. The van der Waals surface area contributed by atoms with Gasteiger partial charge in [0.2, 0.25) is 0 Å². The molecule has 0 aliphatic carbocycles. The van der Waals surface area contributed by atoms with Crippen LogP contribution in [0.1, 0.15) is 28.1 Å². The molecule has 1 saturated heterocycles. The lowest BCUT2D eigenvalue weighted by Gasteiger charge is -2.32. The second kappa shape index (κ2) is 7.29. The highest BCUT2D eigenvalue weighted by Crippen LogP contribution is 2.18. The van der Waals surface area contributed by atoms with Crippen molar-refractivity contribution in [2.24, 2.45) is 0 Å². The van der Waals surface area contributed by atoms with Crippen LogP contribution in [0.2, 0.25) is 0 Å². The number of nitrogens with one attached hydrogen (secondary N) is 1. The standard InChI is InChI=1S/C19H20N4OS/c24-19(16-6-1-7-17-18(16)21-9-8-20-17)22-14-4-2-10-23(12-14)13-15-5-3-11-25-15/h1,3,5-9,11,14H,2,4,10,12-13H2,(H,22,24). The van der Waals surface area contributed by atoms with Gasteiger partial charge in [0.05, 0.1) is 11.1 Å². The Labute approximate surface area is 150 Å². The SMILES string of the molecule is O=C(NC1CCCN(Cc2cccs2)C1)c1cccc2nccnc12. The molecular weight excluding hydrogens is 332 g/mol. The predicted octanol–water partition coefficient (Wildman–Crippen LogP) is 3.09. The average Bonchev–Trinajstić information content (AvgIpc) is 3.14. The molecule has 5 nitrogen and oxygen atoms in total. The second-order valence-corrected chi connectivity index (χ2v) is 7.39. The maximum absolute atomic E-state index is 12.8. The number of piperidine rings is 1. The van der Waals surface area contributed by atoms with Gasteiger partial charge in [0.25, 0.3) is 5.91 Å². The highest BCUT2D eigenvalue weighted by atomic mass is 32.1. The summed E-state index contributed by atoms with van der Waals surface area (Å²) >= 11 is 1.79. The molecule has 1 unspecified atom stereocenters. The molecular formula is C19H20N4OS. The van der Waals surface area contributed by atoms with Crippen molar-refractivity contribution in [3.8, 4) is 0 Å². The Morgan fingerprint density at radius 2 is 2.16 bits per heavy atom. The summed E-state index contributed by atoms with van der Waals surface area (Å²) in [5, 5.41) is 5.30. The van der Waals surface area contributed by atoms with Crippen molar-refractivity contribution in [3.05, 3.63) is 58.5 Å². The molecule has 0 saturated carbocycles. The molecule has 2 aromatic heterocycles. The minimum atomic E-state index is -0.0610. The van der Waals surface area contributed by atoms with Crippen LogP contribution in [0.15, 0.2) is 48.1 Å². The van der Waals surface area contributed by atoms with Crippen LogP contribution in [0.4, 0.5) is 0 Å². The number of hydrogen-bond donors (Lipinski definition) is 1. The molecule has 0 bridgehead atoms. The van der Waals surface area contributed by atoms with Crippen molar-refractivity contribution < 1.29 is 4.79 Å². The molecule has 1 fully saturated rings. The molecule has 128 valence electrons. The minimum absolute atomic E-state index is 0.0610. The van der Waals surface area contributed by atoms with Gasteiger partial charge in [-0.05, 0) is 43.0 Å². The van der Waals surface area contributed by atoms with Crippen LogP contribution in [0.25, 0.3) is 11.0 Å². The number of rotatable bonds is 4. The molecule has 1 aliphatic rings. The first kappa shape index (κ1) is 16.2. The van der Waals surface area contributed by atoms with Crippen molar-refractivity contribution in [3.63, 3.8) is 0 Å². The predicted molar refractivity (Wildman–Crippen MR) is 99.6 cm³/mol. The summed E-state index contributed by atoms with van der Waals surface area (Å²) in [5.74, 6) is -0.0610. The number of hydrogen-bond acceptors (Lipinski definition) is 5. The van der Waals surface area contributed by atoms with Crippen molar-refractivity contribution in [2.45, 2.75) is 25.4 Å². The first-order valence-corrected chi connectivity index (χ1v) is 9.43. The van der Waals surface area contributed by atoms with Crippen LogP contribution < -0.4 is 5.32 Å². The van der Waals surface area contributed by atoms with E-state index in [0.29, 0.717) is 11.1 Å². The smallest absolute Gasteiger partial charge is 0.253 e. The summed E-state index contributed by atoms with van der Waals surface area (Å²) in [6.07, 6.45) is 5.39. The molecule has 3 aromatic rings.